The number of carbonyl (C=O) groups is 3. The number of hydrogen-bond donors (Lipinski definition) is 2. The third-order valence-corrected chi connectivity index (χ3v) is 2.92. The van der Waals surface area contributed by atoms with Gasteiger partial charge >= 0.3 is 6.03 Å². The van der Waals surface area contributed by atoms with Crippen LogP contribution in [0.25, 0.3) is 0 Å². The Morgan fingerprint density at radius 1 is 1.55 bits per heavy atom. The van der Waals surface area contributed by atoms with E-state index < -0.39 is 23.9 Å². The maximum Gasteiger partial charge on any atom is 0.325 e. The number of nitrogens with zero attached hydrogens (tertiary/aromatic N) is 2. The number of nitrogens with one attached hydrogen (secondary N) is 2. The largest absolute Gasteiger partial charge is 0.360 e. The van der Waals surface area contributed by atoms with Crippen molar-refractivity contribution in [1.82, 2.24) is 15.4 Å². The lowest BCUT2D eigenvalue weighted by Crippen LogP contribution is -2.39. The molecule has 1 aromatic rings. The second kappa shape index (κ2) is 5.32. The highest BCUT2D eigenvalue weighted by Crippen LogP contribution is 2.14. The van der Waals surface area contributed by atoms with Crippen molar-refractivity contribution < 1.29 is 18.9 Å². The van der Waals surface area contributed by atoms with Gasteiger partial charge < -0.3 is 15.2 Å². The lowest BCUT2D eigenvalue weighted by atomic mass is 10.1. The Labute approximate surface area is 115 Å². The van der Waals surface area contributed by atoms with Crippen molar-refractivity contribution in [1.29, 1.82) is 0 Å². The third-order valence-electron chi connectivity index (χ3n) is 2.92. The van der Waals surface area contributed by atoms with Crippen LogP contribution in [0.5, 0.6) is 0 Å². The van der Waals surface area contributed by atoms with Gasteiger partial charge in [0.05, 0.1) is 0 Å². The normalized spacial score (nSPS) is 18.6. The summed E-state index contributed by atoms with van der Waals surface area (Å²) in [4.78, 5) is 36.3. The van der Waals surface area contributed by atoms with E-state index in [9.17, 15) is 14.4 Å². The van der Waals surface area contributed by atoms with Crippen molar-refractivity contribution in [3.63, 3.8) is 0 Å². The Morgan fingerprint density at radius 3 is 2.75 bits per heavy atom. The maximum absolute atomic E-state index is 12.0. The van der Waals surface area contributed by atoms with Gasteiger partial charge in [-0.15, -0.1) is 0 Å². The molecule has 1 aromatic heterocycles. The summed E-state index contributed by atoms with van der Waals surface area (Å²) in [6, 6.07) is 0.408. The van der Waals surface area contributed by atoms with Gasteiger partial charge in [0.1, 0.15) is 18.3 Å². The van der Waals surface area contributed by atoms with E-state index in [1.54, 1.807) is 13.0 Å². The number of urea groups is 1. The van der Waals surface area contributed by atoms with E-state index in [0.717, 1.165) is 4.90 Å². The van der Waals surface area contributed by atoms with Gasteiger partial charge in [-0.05, 0) is 12.8 Å². The molecule has 0 saturated carbocycles. The standard InChI is InChI=1S/C12H16N4O4/c1-6(2)10-11(18)16(12(19)14-10)5-9(17)13-8-4-7(3)20-15-8/h4,6,10H,5H2,1-3H3,(H,14,19)(H,13,15,17)/t10-/m1/s1. The summed E-state index contributed by atoms with van der Waals surface area (Å²) in [7, 11) is 0. The first-order chi connectivity index (χ1) is 9.38. The zero-order chi connectivity index (χ0) is 14.9. The topological polar surface area (TPSA) is 105 Å². The van der Waals surface area contributed by atoms with Crippen molar-refractivity contribution in [3.05, 3.63) is 11.8 Å². The van der Waals surface area contributed by atoms with Gasteiger partial charge in [0.15, 0.2) is 5.82 Å². The van der Waals surface area contributed by atoms with Crippen molar-refractivity contribution in [2.75, 3.05) is 11.9 Å². The van der Waals surface area contributed by atoms with Crippen LogP contribution in [0.3, 0.4) is 0 Å². The van der Waals surface area contributed by atoms with Gasteiger partial charge in [0, 0.05) is 6.07 Å². The Balaban J connectivity index is 1.97. The zero-order valence-electron chi connectivity index (χ0n) is 11.5. The molecule has 1 saturated heterocycles. The van der Waals surface area contributed by atoms with Crippen LogP contribution in [0.15, 0.2) is 10.6 Å². The molecule has 0 radical (unpaired) electrons. The minimum atomic E-state index is -0.579. The van der Waals surface area contributed by atoms with Gasteiger partial charge in [-0.25, -0.2) is 4.79 Å². The highest BCUT2D eigenvalue weighted by Gasteiger charge is 2.40. The number of hydrogen-bond acceptors (Lipinski definition) is 5. The number of aryl methyl sites for hydroxylation is 1. The zero-order valence-corrected chi connectivity index (χ0v) is 11.5. The van der Waals surface area contributed by atoms with Gasteiger partial charge in [0.2, 0.25) is 5.91 Å². The smallest absolute Gasteiger partial charge is 0.325 e. The molecule has 0 spiro atoms. The summed E-state index contributed by atoms with van der Waals surface area (Å²) in [5, 5.41) is 8.61. The Kier molecular flexibility index (Phi) is 3.73. The van der Waals surface area contributed by atoms with Crippen molar-refractivity contribution in [2.45, 2.75) is 26.8 Å². The molecule has 1 aliphatic heterocycles. The molecule has 1 fully saturated rings. The van der Waals surface area contributed by atoms with Gasteiger partial charge in [-0.2, -0.15) is 0 Å². The fraction of sp³-hybridized carbons (Fsp3) is 0.500. The molecular weight excluding hydrogens is 264 g/mol. The molecule has 0 aromatic carbocycles. The predicted octanol–water partition coefficient (Wildman–Crippen LogP) is 0.498. The molecule has 0 aliphatic carbocycles. The molecule has 0 bridgehead atoms. The first-order valence-electron chi connectivity index (χ1n) is 6.23. The summed E-state index contributed by atoms with van der Waals surface area (Å²) in [5.74, 6) is -0.129. The fourth-order valence-corrected chi connectivity index (χ4v) is 1.89. The van der Waals surface area contributed by atoms with Crippen LogP contribution in [0.2, 0.25) is 0 Å². The van der Waals surface area contributed by atoms with Crippen molar-refractivity contribution >= 4 is 23.7 Å². The van der Waals surface area contributed by atoms with Gasteiger partial charge in [0.25, 0.3) is 5.91 Å². The van der Waals surface area contributed by atoms with Crippen LogP contribution >= 0.6 is 0 Å². The molecular formula is C12H16N4O4. The molecule has 2 rings (SSSR count). The van der Waals surface area contributed by atoms with Gasteiger partial charge in [-0.1, -0.05) is 19.0 Å². The molecule has 0 unspecified atom stereocenters. The summed E-state index contributed by atoms with van der Waals surface area (Å²) in [6.07, 6.45) is 0. The van der Waals surface area contributed by atoms with Crippen LogP contribution in [-0.2, 0) is 9.59 Å². The summed E-state index contributed by atoms with van der Waals surface area (Å²) >= 11 is 0. The third kappa shape index (κ3) is 2.79. The van der Waals surface area contributed by atoms with Crippen LogP contribution in [0.4, 0.5) is 10.6 Å². The molecule has 20 heavy (non-hydrogen) atoms. The summed E-state index contributed by atoms with van der Waals surface area (Å²) < 4.78 is 4.80. The van der Waals surface area contributed by atoms with E-state index in [-0.39, 0.29) is 18.3 Å². The Morgan fingerprint density at radius 2 is 2.25 bits per heavy atom. The molecule has 108 valence electrons. The van der Waals surface area contributed by atoms with Gasteiger partial charge in [-0.3, -0.25) is 14.5 Å². The average Bonchev–Trinajstić information content (AvgIpc) is 2.87. The first-order valence-corrected chi connectivity index (χ1v) is 6.23. The monoisotopic (exact) mass is 280 g/mol. The lowest BCUT2D eigenvalue weighted by Gasteiger charge is -2.13. The number of anilines is 1. The lowest BCUT2D eigenvalue weighted by molar-refractivity contribution is -0.131. The number of carbonyl (C=O) groups excluding carboxylic acids is 3. The maximum atomic E-state index is 12.0. The van der Waals surface area contributed by atoms with Crippen LogP contribution in [0.1, 0.15) is 19.6 Å². The number of amides is 4. The Bertz CT molecular complexity index is 551. The van der Waals surface area contributed by atoms with Crippen LogP contribution in [0, 0.1) is 12.8 Å². The number of rotatable bonds is 4. The van der Waals surface area contributed by atoms with E-state index in [1.807, 2.05) is 13.8 Å². The highest BCUT2D eigenvalue weighted by molar-refractivity contribution is 6.07. The minimum absolute atomic E-state index is 0.0299. The minimum Gasteiger partial charge on any atom is -0.360 e. The molecule has 8 nitrogen and oxygen atoms in total. The quantitative estimate of drug-likeness (QED) is 0.781. The van der Waals surface area contributed by atoms with E-state index >= 15 is 0 Å². The van der Waals surface area contributed by atoms with E-state index in [2.05, 4.69) is 15.8 Å². The molecule has 2 heterocycles. The predicted molar refractivity (Wildman–Crippen MR) is 68.7 cm³/mol. The number of aromatic nitrogens is 1. The van der Waals surface area contributed by atoms with Crippen LogP contribution in [-0.4, -0.2) is 40.5 Å². The first kappa shape index (κ1) is 14.0. The second-order valence-electron chi connectivity index (χ2n) is 4.97. The fourth-order valence-electron chi connectivity index (χ4n) is 1.89. The van der Waals surface area contributed by atoms with E-state index in [4.69, 9.17) is 4.52 Å². The summed E-state index contributed by atoms with van der Waals surface area (Å²) in [5.41, 5.74) is 0. The van der Waals surface area contributed by atoms with Crippen molar-refractivity contribution in [3.8, 4) is 0 Å². The summed E-state index contributed by atoms with van der Waals surface area (Å²) in [6.45, 7) is 4.99. The number of imide groups is 1. The Hall–Kier alpha value is -2.38. The molecule has 4 amide bonds. The molecule has 8 heteroatoms. The molecule has 1 aliphatic rings. The molecule has 2 N–H and O–H groups in total. The SMILES string of the molecule is Cc1cc(NC(=O)CN2C(=O)N[C@H](C(C)C)C2=O)no1. The van der Waals surface area contributed by atoms with Crippen LogP contribution < -0.4 is 10.6 Å². The second-order valence-corrected chi connectivity index (χ2v) is 4.97. The van der Waals surface area contributed by atoms with Crippen molar-refractivity contribution in [2.24, 2.45) is 5.92 Å². The highest BCUT2D eigenvalue weighted by atomic mass is 16.5. The molecule has 1 atom stereocenters. The average molecular weight is 280 g/mol. The van der Waals surface area contributed by atoms with E-state index in [0.29, 0.717) is 5.76 Å². The van der Waals surface area contributed by atoms with E-state index in [1.165, 1.54) is 0 Å².